The smallest absolute Gasteiger partial charge is 0.202 e. The van der Waals surface area contributed by atoms with Crippen LogP contribution in [0, 0.1) is 0 Å². The lowest BCUT2D eigenvalue weighted by Gasteiger charge is -2.14. The van der Waals surface area contributed by atoms with Crippen molar-refractivity contribution in [1.82, 2.24) is 14.3 Å². The standard InChI is InChI=1S/C13H24N4S/c1-13(2,3)11-15-12(18-16-11)14-7-6-10-17-8-4-5-9-17/h4-10H2,1-3H3,(H,14,15,16). The highest BCUT2D eigenvalue weighted by Gasteiger charge is 2.19. The minimum atomic E-state index is 0.0476. The average Bonchev–Trinajstić information content (AvgIpc) is 2.95. The molecule has 0 radical (unpaired) electrons. The third-order valence-corrected chi connectivity index (χ3v) is 3.90. The molecule has 1 aromatic heterocycles. The summed E-state index contributed by atoms with van der Waals surface area (Å²) in [6.07, 6.45) is 3.93. The van der Waals surface area contributed by atoms with E-state index in [0.29, 0.717) is 0 Å². The largest absolute Gasteiger partial charge is 0.360 e. The second-order valence-corrected chi connectivity index (χ2v) is 6.75. The normalized spacial score (nSPS) is 17.3. The van der Waals surface area contributed by atoms with Crippen molar-refractivity contribution in [2.24, 2.45) is 0 Å². The highest BCUT2D eigenvalue weighted by molar-refractivity contribution is 7.09. The molecule has 2 rings (SSSR count). The monoisotopic (exact) mass is 268 g/mol. The Kier molecular flexibility index (Phi) is 4.56. The molecule has 4 nitrogen and oxygen atoms in total. The summed E-state index contributed by atoms with van der Waals surface area (Å²) >= 11 is 1.47. The van der Waals surface area contributed by atoms with Gasteiger partial charge in [-0.25, -0.2) is 4.98 Å². The summed E-state index contributed by atoms with van der Waals surface area (Å²) in [6.45, 7) is 11.2. The molecule has 2 heterocycles. The van der Waals surface area contributed by atoms with Crippen LogP contribution in [0.1, 0.15) is 45.9 Å². The van der Waals surface area contributed by atoms with E-state index in [1.54, 1.807) is 0 Å². The van der Waals surface area contributed by atoms with Crippen LogP contribution < -0.4 is 5.32 Å². The van der Waals surface area contributed by atoms with E-state index >= 15 is 0 Å². The van der Waals surface area contributed by atoms with Crippen LogP contribution in [0.2, 0.25) is 0 Å². The molecule has 1 N–H and O–H groups in total. The summed E-state index contributed by atoms with van der Waals surface area (Å²) in [5.41, 5.74) is 0.0476. The molecular formula is C13H24N4S. The lowest BCUT2D eigenvalue weighted by atomic mass is 9.96. The zero-order valence-electron chi connectivity index (χ0n) is 11.7. The van der Waals surface area contributed by atoms with Gasteiger partial charge in [-0.1, -0.05) is 20.8 Å². The van der Waals surface area contributed by atoms with Crippen LogP contribution in [0.3, 0.4) is 0 Å². The van der Waals surface area contributed by atoms with Gasteiger partial charge in [0, 0.05) is 23.5 Å². The predicted octanol–water partition coefficient (Wildman–Crippen LogP) is 2.73. The molecule has 1 saturated heterocycles. The highest BCUT2D eigenvalue weighted by atomic mass is 32.1. The van der Waals surface area contributed by atoms with E-state index < -0.39 is 0 Å². The van der Waals surface area contributed by atoms with Crippen molar-refractivity contribution in [2.45, 2.75) is 45.4 Å². The maximum Gasteiger partial charge on any atom is 0.202 e. The van der Waals surface area contributed by atoms with E-state index in [1.165, 1.54) is 50.4 Å². The van der Waals surface area contributed by atoms with Crippen molar-refractivity contribution in [1.29, 1.82) is 0 Å². The highest BCUT2D eigenvalue weighted by Crippen LogP contribution is 2.22. The van der Waals surface area contributed by atoms with Gasteiger partial charge in [-0.3, -0.25) is 0 Å². The number of aromatic nitrogens is 2. The first-order valence-corrected chi connectivity index (χ1v) is 7.63. The van der Waals surface area contributed by atoms with Gasteiger partial charge in [-0.2, -0.15) is 4.37 Å². The van der Waals surface area contributed by atoms with Gasteiger partial charge in [0.1, 0.15) is 5.82 Å². The molecular weight excluding hydrogens is 244 g/mol. The predicted molar refractivity (Wildman–Crippen MR) is 77.4 cm³/mol. The van der Waals surface area contributed by atoms with Gasteiger partial charge in [-0.05, 0) is 38.9 Å². The van der Waals surface area contributed by atoms with Gasteiger partial charge in [0.2, 0.25) is 5.13 Å². The topological polar surface area (TPSA) is 41.1 Å². The van der Waals surface area contributed by atoms with Crippen molar-refractivity contribution in [3.8, 4) is 0 Å². The number of likely N-dealkylation sites (tertiary alicyclic amines) is 1. The average molecular weight is 268 g/mol. The van der Waals surface area contributed by atoms with Gasteiger partial charge in [0.05, 0.1) is 0 Å². The summed E-state index contributed by atoms with van der Waals surface area (Å²) < 4.78 is 4.40. The van der Waals surface area contributed by atoms with Crippen LogP contribution in [0.15, 0.2) is 0 Å². The zero-order valence-corrected chi connectivity index (χ0v) is 12.5. The number of hydrogen-bond acceptors (Lipinski definition) is 5. The molecule has 0 aromatic carbocycles. The fraction of sp³-hybridized carbons (Fsp3) is 0.846. The lowest BCUT2D eigenvalue weighted by molar-refractivity contribution is 0.337. The first-order valence-electron chi connectivity index (χ1n) is 6.86. The summed E-state index contributed by atoms with van der Waals surface area (Å²) in [5, 5.41) is 4.34. The maximum absolute atomic E-state index is 4.53. The number of anilines is 1. The quantitative estimate of drug-likeness (QED) is 0.834. The summed E-state index contributed by atoms with van der Waals surface area (Å²) in [5.74, 6) is 0.939. The number of rotatable bonds is 5. The van der Waals surface area contributed by atoms with E-state index in [4.69, 9.17) is 0 Å². The molecule has 0 saturated carbocycles. The van der Waals surface area contributed by atoms with Gasteiger partial charge >= 0.3 is 0 Å². The van der Waals surface area contributed by atoms with Crippen LogP contribution in [0.4, 0.5) is 5.13 Å². The van der Waals surface area contributed by atoms with Gasteiger partial charge in [0.25, 0.3) is 0 Å². The third kappa shape index (κ3) is 3.92. The van der Waals surface area contributed by atoms with Gasteiger partial charge < -0.3 is 10.2 Å². The number of nitrogens with zero attached hydrogens (tertiary/aromatic N) is 3. The first-order chi connectivity index (χ1) is 8.55. The molecule has 18 heavy (non-hydrogen) atoms. The van der Waals surface area contributed by atoms with Crippen LogP contribution in [-0.2, 0) is 5.41 Å². The van der Waals surface area contributed by atoms with Crippen molar-refractivity contribution < 1.29 is 0 Å². The second-order valence-electron chi connectivity index (χ2n) is 6.00. The minimum Gasteiger partial charge on any atom is -0.360 e. The fourth-order valence-corrected chi connectivity index (χ4v) is 2.89. The van der Waals surface area contributed by atoms with E-state index in [9.17, 15) is 0 Å². The van der Waals surface area contributed by atoms with Gasteiger partial charge in [0.15, 0.2) is 0 Å². The molecule has 0 aliphatic carbocycles. The first kappa shape index (κ1) is 13.7. The Hall–Kier alpha value is -0.680. The molecule has 1 aromatic rings. The molecule has 0 amide bonds. The number of hydrogen-bond donors (Lipinski definition) is 1. The SMILES string of the molecule is CC(C)(C)c1nsc(NCCCN2CCCC2)n1. The van der Waals surface area contributed by atoms with Crippen molar-refractivity contribution >= 4 is 16.7 Å². The maximum atomic E-state index is 4.53. The Balaban J connectivity index is 1.68. The molecule has 0 unspecified atom stereocenters. The van der Waals surface area contributed by atoms with E-state index in [2.05, 4.69) is 40.3 Å². The molecule has 1 aliphatic heterocycles. The van der Waals surface area contributed by atoms with E-state index in [-0.39, 0.29) is 5.41 Å². The molecule has 1 fully saturated rings. The van der Waals surface area contributed by atoms with Crippen LogP contribution in [0.5, 0.6) is 0 Å². The Morgan fingerprint density at radius 1 is 1.28 bits per heavy atom. The second kappa shape index (κ2) is 5.97. The summed E-state index contributed by atoms with van der Waals surface area (Å²) in [7, 11) is 0. The van der Waals surface area contributed by atoms with Crippen LogP contribution in [-0.4, -0.2) is 40.4 Å². The summed E-state index contributed by atoms with van der Waals surface area (Å²) in [4.78, 5) is 7.08. The minimum absolute atomic E-state index is 0.0476. The van der Waals surface area contributed by atoms with Crippen molar-refractivity contribution in [3.63, 3.8) is 0 Å². The van der Waals surface area contributed by atoms with E-state index in [1.807, 2.05) is 0 Å². The van der Waals surface area contributed by atoms with E-state index in [0.717, 1.165) is 17.5 Å². The Bertz CT molecular complexity index is 363. The molecule has 0 spiro atoms. The Labute approximate surface area is 114 Å². The lowest BCUT2D eigenvalue weighted by Crippen LogP contribution is -2.22. The molecule has 5 heteroatoms. The molecule has 102 valence electrons. The molecule has 0 atom stereocenters. The zero-order chi connectivity index (χ0) is 13.0. The van der Waals surface area contributed by atoms with Crippen LogP contribution >= 0.6 is 11.5 Å². The Morgan fingerprint density at radius 3 is 2.61 bits per heavy atom. The summed E-state index contributed by atoms with van der Waals surface area (Å²) in [6, 6.07) is 0. The van der Waals surface area contributed by atoms with Crippen LogP contribution in [0.25, 0.3) is 0 Å². The van der Waals surface area contributed by atoms with Crippen molar-refractivity contribution in [3.05, 3.63) is 5.82 Å². The molecule has 0 bridgehead atoms. The number of nitrogens with one attached hydrogen (secondary N) is 1. The Morgan fingerprint density at radius 2 is 2.00 bits per heavy atom. The third-order valence-electron chi connectivity index (χ3n) is 3.22. The van der Waals surface area contributed by atoms with Gasteiger partial charge in [-0.15, -0.1) is 0 Å². The fourth-order valence-electron chi connectivity index (χ4n) is 2.10. The molecule has 1 aliphatic rings. The van der Waals surface area contributed by atoms with Crippen molar-refractivity contribution in [2.75, 3.05) is 31.5 Å².